The van der Waals surface area contributed by atoms with Gasteiger partial charge in [-0.2, -0.15) is 0 Å². The summed E-state index contributed by atoms with van der Waals surface area (Å²) in [7, 11) is -2.68. The van der Waals surface area contributed by atoms with Crippen molar-refractivity contribution in [1.29, 1.82) is 0 Å². The van der Waals surface area contributed by atoms with Gasteiger partial charge in [0.15, 0.2) is 11.6 Å². The van der Waals surface area contributed by atoms with E-state index in [1.165, 1.54) is 18.5 Å². The highest BCUT2D eigenvalue weighted by atomic mass is 32.2. The van der Waals surface area contributed by atoms with Gasteiger partial charge in [-0.25, -0.2) is 19.2 Å². The molecule has 1 saturated carbocycles. The van der Waals surface area contributed by atoms with E-state index in [2.05, 4.69) is 9.97 Å². The van der Waals surface area contributed by atoms with Crippen LogP contribution in [0.2, 0.25) is 0 Å². The Labute approximate surface area is 192 Å². The molecule has 3 aliphatic heterocycles. The average molecular weight is 478 g/mol. The van der Waals surface area contributed by atoms with Crippen LogP contribution in [0.25, 0.3) is 0 Å². The summed E-state index contributed by atoms with van der Waals surface area (Å²) in [5, 5.41) is 0.117. The Bertz CT molecular complexity index is 1140. The van der Waals surface area contributed by atoms with Crippen molar-refractivity contribution >= 4 is 16.0 Å². The number of benzene rings is 1. The predicted molar refractivity (Wildman–Crippen MR) is 119 cm³/mol. The number of likely N-dealkylation sites (tertiary alicyclic amines) is 1. The van der Waals surface area contributed by atoms with Crippen molar-refractivity contribution < 1.29 is 27.6 Å². The lowest BCUT2D eigenvalue weighted by molar-refractivity contribution is 0.0123. The number of carbonyl (C=O) groups excluding carboxylic acids is 1. The molecule has 1 aliphatic carbocycles. The first-order chi connectivity index (χ1) is 15.6. The maximum atomic E-state index is 14.5. The third-order valence-corrected chi connectivity index (χ3v) is 9.63. The predicted octanol–water partition coefficient (Wildman–Crippen LogP) is 4.10. The van der Waals surface area contributed by atoms with Gasteiger partial charge in [0.1, 0.15) is 18.0 Å². The molecule has 33 heavy (non-hydrogen) atoms. The lowest BCUT2D eigenvalue weighted by Gasteiger charge is -2.35. The fourth-order valence-electron chi connectivity index (χ4n) is 4.22. The molecule has 10 heteroatoms. The molecule has 4 aliphatic rings. The van der Waals surface area contributed by atoms with Crippen molar-refractivity contribution in [3.05, 3.63) is 30.3 Å². The van der Waals surface area contributed by atoms with Crippen LogP contribution in [0, 0.1) is 5.82 Å². The maximum absolute atomic E-state index is 14.5. The van der Waals surface area contributed by atoms with E-state index in [4.69, 9.17) is 14.2 Å². The van der Waals surface area contributed by atoms with Crippen LogP contribution in [0.1, 0.15) is 46.5 Å². The number of hydrogen-bond donors (Lipinski definition) is 1. The van der Waals surface area contributed by atoms with Crippen molar-refractivity contribution in [3.63, 3.8) is 0 Å². The first kappa shape index (κ1) is 22.1. The van der Waals surface area contributed by atoms with Crippen LogP contribution in [0.4, 0.5) is 9.18 Å². The van der Waals surface area contributed by atoms with Gasteiger partial charge in [-0.1, -0.05) is 0 Å². The van der Waals surface area contributed by atoms with Gasteiger partial charge in [-0.05, 0) is 55.7 Å². The zero-order chi connectivity index (χ0) is 23.4. The largest absolute Gasteiger partial charge is 0.474 e. The minimum Gasteiger partial charge on any atom is -0.474 e. The molecule has 0 atom stereocenters. The second kappa shape index (κ2) is 7.93. The first-order valence-electron chi connectivity index (χ1n) is 11.2. The lowest BCUT2D eigenvalue weighted by Crippen LogP contribution is -2.44. The van der Waals surface area contributed by atoms with Crippen molar-refractivity contribution in [1.82, 2.24) is 14.9 Å². The topological polar surface area (TPSA) is 90.8 Å². The normalized spacial score (nSPS) is 20.5. The van der Waals surface area contributed by atoms with Gasteiger partial charge < -0.3 is 19.1 Å². The number of aromatic nitrogens is 2. The van der Waals surface area contributed by atoms with Crippen LogP contribution < -0.4 is 9.47 Å². The molecular weight excluding hydrogens is 449 g/mol. The van der Waals surface area contributed by atoms with Gasteiger partial charge in [-0.15, -0.1) is 0 Å². The second-order valence-corrected chi connectivity index (χ2v) is 12.8. The van der Waals surface area contributed by atoms with Crippen molar-refractivity contribution in [2.45, 2.75) is 73.2 Å². The molecule has 1 saturated heterocycles. The van der Waals surface area contributed by atoms with Crippen molar-refractivity contribution in [2.75, 3.05) is 13.1 Å². The minimum atomic E-state index is -2.68. The molecule has 0 N–H and O–H groups in total. The highest BCUT2D eigenvalue weighted by molar-refractivity contribution is 8.05. The van der Waals surface area contributed by atoms with E-state index >= 15 is 0 Å². The van der Waals surface area contributed by atoms with E-state index in [-0.39, 0.29) is 29.1 Å². The summed E-state index contributed by atoms with van der Waals surface area (Å²) in [5.74, 6) is -0.124. The Morgan fingerprint density at radius 1 is 1.09 bits per heavy atom. The molecule has 2 aromatic rings. The fraction of sp³-hybridized carbons (Fsp3) is 0.522. The summed E-state index contributed by atoms with van der Waals surface area (Å²) in [6, 6.07) is 4.56. The molecule has 0 unspecified atom stereocenters. The molecule has 1 aromatic heterocycles. The van der Waals surface area contributed by atoms with Gasteiger partial charge in [0.2, 0.25) is 11.8 Å². The molecule has 2 bridgehead atoms. The first-order valence-corrected chi connectivity index (χ1v) is 13.0. The van der Waals surface area contributed by atoms with Crippen LogP contribution in [-0.2, 0) is 14.7 Å². The zero-order valence-corrected chi connectivity index (χ0v) is 19.8. The Morgan fingerprint density at radius 3 is 2.45 bits per heavy atom. The third-order valence-electron chi connectivity index (χ3n) is 6.02. The highest BCUT2D eigenvalue weighted by Crippen LogP contribution is 2.55. The second-order valence-electron chi connectivity index (χ2n) is 9.75. The number of carbonyl (C=O) groups is 1. The molecule has 6 rings (SSSR count). The number of piperidine rings is 1. The van der Waals surface area contributed by atoms with Crippen LogP contribution >= 0.6 is 0 Å². The van der Waals surface area contributed by atoms with Crippen LogP contribution in [0.3, 0.4) is 0 Å². The number of hydrogen-bond acceptors (Lipinski definition) is 7. The minimum absolute atomic E-state index is 0.0180. The highest BCUT2D eigenvalue weighted by Gasteiger charge is 2.47. The number of thiol groups is 1. The summed E-state index contributed by atoms with van der Waals surface area (Å²) >= 11 is 0. The third kappa shape index (κ3) is 4.28. The molecule has 178 valence electrons. The molecule has 4 heterocycles. The Morgan fingerprint density at radius 2 is 1.79 bits per heavy atom. The number of ether oxygens (including phenoxy) is 3. The summed E-state index contributed by atoms with van der Waals surface area (Å²) in [4.78, 5) is 23.2. The van der Waals surface area contributed by atoms with E-state index in [0.717, 1.165) is 12.8 Å². The van der Waals surface area contributed by atoms with E-state index in [0.29, 0.717) is 41.6 Å². The van der Waals surface area contributed by atoms with E-state index < -0.39 is 21.4 Å². The quantitative estimate of drug-likeness (QED) is 0.649. The SMILES string of the molecule is CC(C)(C)OC(=O)N1CCC(Oc2cc(Oc3c(F)cc4cc3[SH]4(=O)C3CC3)ncn2)CC1. The average Bonchev–Trinajstić information content (AvgIpc) is 3.59. The maximum Gasteiger partial charge on any atom is 0.410 e. The molecule has 0 radical (unpaired) electrons. The molecule has 1 amide bonds. The van der Waals surface area contributed by atoms with Gasteiger partial charge in [0.05, 0.1) is 11.0 Å². The van der Waals surface area contributed by atoms with Crippen LogP contribution in [0.15, 0.2) is 34.3 Å². The standard InChI is InChI=1S/C23H28FN3O5S/c1-23(2,3)32-22(28)27-8-6-14(7-9-27)30-19-12-20(26-13-25-19)31-21-17(24)10-16-11-18(21)33(16,29)15-4-5-15/h10-15,33H,4-9H2,1-3H3. The van der Waals surface area contributed by atoms with E-state index in [1.54, 1.807) is 11.0 Å². The number of rotatable bonds is 5. The summed E-state index contributed by atoms with van der Waals surface area (Å²) in [5.41, 5.74) is -0.533. The van der Waals surface area contributed by atoms with Gasteiger partial charge in [-0.3, -0.25) is 4.21 Å². The molecule has 0 spiro atoms. The summed E-state index contributed by atoms with van der Waals surface area (Å²) < 4.78 is 44.9. The fourth-order valence-corrected chi connectivity index (χ4v) is 7.40. The number of fused-ring (bicyclic) bond motifs is 2. The number of halogens is 1. The lowest BCUT2D eigenvalue weighted by atomic mass is 10.1. The Hall–Kier alpha value is -2.75. The monoisotopic (exact) mass is 477 g/mol. The van der Waals surface area contributed by atoms with Crippen LogP contribution in [-0.4, -0.2) is 55.2 Å². The van der Waals surface area contributed by atoms with Gasteiger partial charge in [0, 0.05) is 36.1 Å². The van der Waals surface area contributed by atoms with Crippen molar-refractivity contribution in [3.8, 4) is 17.5 Å². The smallest absolute Gasteiger partial charge is 0.410 e. The zero-order valence-electron chi connectivity index (χ0n) is 18.9. The molecule has 1 aromatic carbocycles. The van der Waals surface area contributed by atoms with Gasteiger partial charge >= 0.3 is 6.09 Å². The Kier molecular flexibility index (Phi) is 5.30. The van der Waals surface area contributed by atoms with Crippen molar-refractivity contribution in [2.24, 2.45) is 0 Å². The van der Waals surface area contributed by atoms with E-state index in [1.807, 2.05) is 20.8 Å². The Balaban J connectivity index is 1.22. The summed E-state index contributed by atoms with van der Waals surface area (Å²) in [6.45, 7) is 6.56. The number of amides is 1. The molecular formula is C23H28FN3O5S. The number of nitrogens with zero attached hydrogens (tertiary/aromatic N) is 3. The molecule has 8 nitrogen and oxygen atoms in total. The van der Waals surface area contributed by atoms with Gasteiger partial charge in [0.25, 0.3) is 0 Å². The molecule has 2 fully saturated rings. The van der Waals surface area contributed by atoms with Crippen LogP contribution in [0.5, 0.6) is 17.5 Å². The van der Waals surface area contributed by atoms with E-state index in [9.17, 15) is 13.4 Å². The summed E-state index contributed by atoms with van der Waals surface area (Å²) in [6.07, 6.45) is 3.89.